The highest BCUT2D eigenvalue weighted by Gasteiger charge is 2.41. The normalized spacial score (nSPS) is 19.1. The van der Waals surface area contributed by atoms with Crippen LogP contribution in [0.4, 0.5) is 4.79 Å². The second-order valence-corrected chi connectivity index (χ2v) is 6.50. The minimum absolute atomic E-state index is 0.0331. The van der Waals surface area contributed by atoms with Crippen LogP contribution >= 0.6 is 0 Å². The highest BCUT2D eigenvalue weighted by atomic mass is 16.4. The summed E-state index contributed by atoms with van der Waals surface area (Å²) >= 11 is 0. The molecule has 21 heavy (non-hydrogen) atoms. The lowest BCUT2D eigenvalue weighted by molar-refractivity contribution is -0.152. The average Bonchev–Trinajstić information content (AvgIpc) is 2.47. The number of carboxylic acids is 1. The summed E-state index contributed by atoms with van der Waals surface area (Å²) in [5.41, 5.74) is -0.624. The number of urea groups is 1. The summed E-state index contributed by atoms with van der Waals surface area (Å²) in [4.78, 5) is 27.5. The molecule has 1 N–H and O–H groups in total. The Kier molecular flexibility index (Phi) is 6.49. The van der Waals surface area contributed by atoms with Crippen molar-refractivity contribution in [2.45, 2.75) is 52.9 Å². The SMILES string of the molecule is CCCC1(C(=O)O)CCN(C(=O)N(C)CC(C)CC)CC1. The Labute approximate surface area is 128 Å². The maximum absolute atomic E-state index is 12.4. The molecule has 0 spiro atoms. The molecule has 5 heteroatoms. The van der Waals surface area contributed by atoms with E-state index in [-0.39, 0.29) is 6.03 Å². The summed E-state index contributed by atoms with van der Waals surface area (Å²) in [6, 6.07) is 0.0331. The third-order valence-corrected chi connectivity index (χ3v) is 4.78. The first-order valence-electron chi connectivity index (χ1n) is 8.09. The lowest BCUT2D eigenvalue weighted by Crippen LogP contribution is -2.50. The van der Waals surface area contributed by atoms with E-state index in [1.54, 1.807) is 9.80 Å². The largest absolute Gasteiger partial charge is 0.481 e. The van der Waals surface area contributed by atoms with Gasteiger partial charge in [0.2, 0.25) is 0 Å². The zero-order chi connectivity index (χ0) is 16.0. The van der Waals surface area contributed by atoms with Crippen LogP contribution in [0.15, 0.2) is 0 Å². The van der Waals surface area contributed by atoms with Gasteiger partial charge in [0.15, 0.2) is 0 Å². The molecule has 0 saturated carbocycles. The van der Waals surface area contributed by atoms with Crippen molar-refractivity contribution in [3.05, 3.63) is 0 Å². The molecule has 1 saturated heterocycles. The first-order valence-corrected chi connectivity index (χ1v) is 8.09. The van der Waals surface area contributed by atoms with Gasteiger partial charge in [0, 0.05) is 26.7 Å². The molecular formula is C16H30N2O3. The molecule has 1 fully saturated rings. The Morgan fingerprint density at radius 1 is 1.29 bits per heavy atom. The Bertz CT molecular complexity index is 363. The van der Waals surface area contributed by atoms with E-state index in [9.17, 15) is 14.7 Å². The standard InChI is InChI=1S/C16H30N2O3/c1-5-7-16(14(19)20)8-10-18(11-9-16)15(21)17(4)12-13(3)6-2/h13H,5-12H2,1-4H3,(H,19,20). The first-order chi connectivity index (χ1) is 9.86. The van der Waals surface area contributed by atoms with Crippen LogP contribution in [0.25, 0.3) is 0 Å². The lowest BCUT2D eigenvalue weighted by atomic mass is 9.75. The van der Waals surface area contributed by atoms with Crippen molar-refractivity contribution in [2.24, 2.45) is 11.3 Å². The number of piperidine rings is 1. The van der Waals surface area contributed by atoms with E-state index >= 15 is 0 Å². The van der Waals surface area contributed by atoms with Gasteiger partial charge < -0.3 is 14.9 Å². The molecule has 5 nitrogen and oxygen atoms in total. The monoisotopic (exact) mass is 298 g/mol. The first kappa shape index (κ1) is 17.8. The minimum Gasteiger partial charge on any atom is -0.481 e. The predicted octanol–water partition coefficient (Wildman–Crippen LogP) is 3.05. The third kappa shape index (κ3) is 4.35. The van der Waals surface area contributed by atoms with Gasteiger partial charge in [-0.25, -0.2) is 4.79 Å². The number of carboxylic acid groups (broad SMARTS) is 1. The summed E-state index contributed by atoms with van der Waals surface area (Å²) in [7, 11) is 1.83. The number of nitrogens with zero attached hydrogens (tertiary/aromatic N) is 2. The van der Waals surface area contributed by atoms with E-state index in [0.29, 0.717) is 38.3 Å². The van der Waals surface area contributed by atoms with E-state index in [1.165, 1.54) is 0 Å². The van der Waals surface area contributed by atoms with Gasteiger partial charge in [-0.3, -0.25) is 4.79 Å². The fourth-order valence-electron chi connectivity index (χ4n) is 3.09. The van der Waals surface area contributed by atoms with Gasteiger partial charge >= 0.3 is 12.0 Å². The maximum atomic E-state index is 12.4. The fourth-order valence-corrected chi connectivity index (χ4v) is 3.09. The highest BCUT2D eigenvalue weighted by molar-refractivity contribution is 5.77. The summed E-state index contributed by atoms with van der Waals surface area (Å²) in [6.45, 7) is 8.13. The second kappa shape index (κ2) is 7.66. The van der Waals surface area contributed by atoms with Crippen molar-refractivity contribution in [1.82, 2.24) is 9.80 Å². The zero-order valence-corrected chi connectivity index (χ0v) is 13.9. The summed E-state index contributed by atoms with van der Waals surface area (Å²) in [5.74, 6) is -0.216. The number of hydrogen-bond acceptors (Lipinski definition) is 2. The van der Waals surface area contributed by atoms with E-state index in [0.717, 1.165) is 19.4 Å². The number of amides is 2. The highest BCUT2D eigenvalue weighted by Crippen LogP contribution is 2.36. The molecule has 0 bridgehead atoms. The van der Waals surface area contributed by atoms with Gasteiger partial charge in [0.05, 0.1) is 5.41 Å². The number of aliphatic carboxylic acids is 1. The van der Waals surface area contributed by atoms with Gasteiger partial charge in [0.1, 0.15) is 0 Å². The van der Waals surface area contributed by atoms with Crippen molar-refractivity contribution in [1.29, 1.82) is 0 Å². The van der Waals surface area contributed by atoms with Crippen LogP contribution in [0.1, 0.15) is 52.9 Å². The molecule has 1 aliphatic rings. The number of hydrogen-bond donors (Lipinski definition) is 1. The van der Waals surface area contributed by atoms with Crippen molar-refractivity contribution < 1.29 is 14.7 Å². The van der Waals surface area contributed by atoms with E-state index in [1.807, 2.05) is 14.0 Å². The molecule has 0 aliphatic carbocycles. The second-order valence-electron chi connectivity index (χ2n) is 6.50. The Balaban J connectivity index is 2.59. The molecule has 2 amide bonds. The number of rotatable bonds is 6. The molecule has 1 aliphatic heterocycles. The van der Waals surface area contributed by atoms with Crippen molar-refractivity contribution >= 4 is 12.0 Å². The fraction of sp³-hybridized carbons (Fsp3) is 0.875. The zero-order valence-electron chi connectivity index (χ0n) is 13.9. The Morgan fingerprint density at radius 3 is 2.29 bits per heavy atom. The predicted molar refractivity (Wildman–Crippen MR) is 83.3 cm³/mol. The van der Waals surface area contributed by atoms with Gasteiger partial charge in [-0.2, -0.15) is 0 Å². The molecular weight excluding hydrogens is 268 g/mol. The summed E-state index contributed by atoms with van der Waals surface area (Å²) in [5, 5.41) is 9.49. The lowest BCUT2D eigenvalue weighted by Gasteiger charge is -2.40. The van der Waals surface area contributed by atoms with Crippen LogP contribution in [0, 0.1) is 11.3 Å². The number of carbonyl (C=O) groups excluding carboxylic acids is 1. The van der Waals surface area contributed by atoms with Crippen LogP contribution < -0.4 is 0 Å². The van der Waals surface area contributed by atoms with Gasteiger partial charge in [-0.1, -0.05) is 33.6 Å². The molecule has 0 radical (unpaired) electrons. The van der Waals surface area contributed by atoms with Crippen LogP contribution in [0.5, 0.6) is 0 Å². The van der Waals surface area contributed by atoms with E-state index < -0.39 is 11.4 Å². The third-order valence-electron chi connectivity index (χ3n) is 4.78. The Hall–Kier alpha value is -1.26. The molecule has 0 aromatic carbocycles. The van der Waals surface area contributed by atoms with Gasteiger partial charge in [-0.05, 0) is 25.2 Å². The number of carbonyl (C=O) groups is 2. The van der Waals surface area contributed by atoms with Crippen molar-refractivity contribution in [3.63, 3.8) is 0 Å². The van der Waals surface area contributed by atoms with Crippen LogP contribution in [0.3, 0.4) is 0 Å². The molecule has 1 heterocycles. The molecule has 0 aromatic heterocycles. The average molecular weight is 298 g/mol. The molecule has 1 atom stereocenters. The van der Waals surface area contributed by atoms with E-state index in [4.69, 9.17) is 0 Å². The van der Waals surface area contributed by atoms with Crippen molar-refractivity contribution in [3.8, 4) is 0 Å². The van der Waals surface area contributed by atoms with E-state index in [2.05, 4.69) is 13.8 Å². The molecule has 122 valence electrons. The smallest absolute Gasteiger partial charge is 0.319 e. The quantitative estimate of drug-likeness (QED) is 0.820. The summed E-state index contributed by atoms with van der Waals surface area (Å²) in [6.07, 6.45) is 3.76. The minimum atomic E-state index is -0.704. The maximum Gasteiger partial charge on any atom is 0.319 e. The van der Waals surface area contributed by atoms with Crippen molar-refractivity contribution in [2.75, 3.05) is 26.7 Å². The topological polar surface area (TPSA) is 60.9 Å². The Morgan fingerprint density at radius 2 is 1.86 bits per heavy atom. The van der Waals surface area contributed by atoms with Crippen LogP contribution in [0.2, 0.25) is 0 Å². The van der Waals surface area contributed by atoms with Gasteiger partial charge in [0.25, 0.3) is 0 Å². The van der Waals surface area contributed by atoms with Gasteiger partial charge in [-0.15, -0.1) is 0 Å². The molecule has 1 rings (SSSR count). The molecule has 0 aromatic rings. The summed E-state index contributed by atoms with van der Waals surface area (Å²) < 4.78 is 0. The van der Waals surface area contributed by atoms with Crippen LogP contribution in [-0.4, -0.2) is 53.6 Å². The van der Waals surface area contributed by atoms with Crippen LogP contribution in [-0.2, 0) is 4.79 Å². The number of likely N-dealkylation sites (tertiary alicyclic amines) is 1. The molecule has 1 unspecified atom stereocenters.